The number of hydrogen-bond acceptors (Lipinski definition) is 3. The van der Waals surface area contributed by atoms with Crippen molar-refractivity contribution in [3.05, 3.63) is 12.2 Å². The smallest absolute Gasteiger partial charge is 0.373 e. The Labute approximate surface area is 55.9 Å². The Kier molecular flexibility index (Phi) is 2.48. The zero-order valence-electron chi connectivity index (χ0n) is 5.23. The number of halogens is 2. The van der Waals surface area contributed by atoms with Crippen LogP contribution in [0.4, 0.5) is 8.78 Å². The number of esters is 1. The molecule has 0 aromatic rings. The molecule has 0 aromatic carbocycles. The first-order chi connectivity index (χ1) is 4.33. The first-order valence-corrected chi connectivity index (χ1v) is 2.32. The summed E-state index contributed by atoms with van der Waals surface area (Å²) in [6.45, 7) is 4.21. The minimum atomic E-state index is -4.41. The minimum absolute atomic E-state index is 0.200. The summed E-state index contributed by atoms with van der Waals surface area (Å²) in [5.41, 5.74) is -0.200. The van der Waals surface area contributed by atoms with Crippen molar-refractivity contribution in [3.8, 4) is 0 Å². The Morgan fingerprint density at radius 1 is 1.70 bits per heavy atom. The van der Waals surface area contributed by atoms with E-state index in [0.717, 1.165) is 0 Å². The normalized spacial score (nSPS) is 10.8. The molecule has 0 atom stereocenters. The van der Waals surface area contributed by atoms with Gasteiger partial charge in [0, 0.05) is 5.57 Å². The van der Waals surface area contributed by atoms with E-state index in [2.05, 4.69) is 11.3 Å². The topological polar surface area (TPSA) is 46.5 Å². The van der Waals surface area contributed by atoms with Crippen LogP contribution >= 0.6 is 0 Å². The lowest BCUT2D eigenvalue weighted by Crippen LogP contribution is -2.24. The summed E-state index contributed by atoms with van der Waals surface area (Å²) in [5.74, 6) is -1.33. The predicted molar refractivity (Wildman–Crippen MR) is 28.1 cm³/mol. The fourth-order valence-corrected chi connectivity index (χ4v) is 0.199. The van der Waals surface area contributed by atoms with E-state index < -0.39 is 12.3 Å². The summed E-state index contributed by atoms with van der Waals surface area (Å²) in [4.78, 5) is 10.2. The molecule has 0 rings (SSSR count). The summed E-state index contributed by atoms with van der Waals surface area (Å²) < 4.78 is 26.0. The quantitative estimate of drug-likeness (QED) is 0.359. The van der Waals surface area contributed by atoms with Crippen molar-refractivity contribution in [2.45, 2.75) is 13.2 Å². The van der Waals surface area contributed by atoms with E-state index in [1.807, 2.05) is 0 Å². The van der Waals surface area contributed by atoms with Crippen LogP contribution in [0.3, 0.4) is 0 Å². The number of alkyl halides is 2. The van der Waals surface area contributed by atoms with Crippen molar-refractivity contribution in [2.75, 3.05) is 0 Å². The van der Waals surface area contributed by atoms with Gasteiger partial charge in [-0.15, -0.1) is 8.78 Å². The fourth-order valence-electron chi connectivity index (χ4n) is 0.199. The van der Waals surface area contributed by atoms with E-state index in [9.17, 15) is 13.6 Å². The van der Waals surface area contributed by atoms with Gasteiger partial charge in [-0.25, -0.2) is 4.79 Å². The summed E-state index contributed by atoms with van der Waals surface area (Å²) in [5, 5.41) is 7.62. The number of rotatable bonds is 2. The summed E-state index contributed by atoms with van der Waals surface area (Å²) in [6.07, 6.45) is -4.41. The van der Waals surface area contributed by atoms with E-state index in [1.54, 1.807) is 0 Å². The zero-order chi connectivity index (χ0) is 8.36. The van der Waals surface area contributed by atoms with Gasteiger partial charge >= 0.3 is 12.3 Å². The largest absolute Gasteiger partial charge is 0.535 e. The molecule has 0 aliphatic rings. The van der Waals surface area contributed by atoms with Gasteiger partial charge in [0.25, 0.3) is 0 Å². The van der Waals surface area contributed by atoms with Crippen LogP contribution in [0.25, 0.3) is 0 Å². The van der Waals surface area contributed by atoms with Crippen LogP contribution in [0.2, 0.25) is 0 Å². The van der Waals surface area contributed by atoms with Crippen molar-refractivity contribution in [3.63, 3.8) is 0 Å². The third kappa shape index (κ3) is 3.96. The maximum atomic E-state index is 11.4. The first kappa shape index (κ1) is 9.03. The van der Waals surface area contributed by atoms with Crippen LogP contribution in [0.15, 0.2) is 12.2 Å². The number of aliphatic hydroxyl groups is 1. The molecule has 5 heteroatoms. The van der Waals surface area contributed by atoms with Gasteiger partial charge in [-0.1, -0.05) is 6.58 Å². The first-order valence-electron chi connectivity index (χ1n) is 2.32. The molecule has 3 nitrogen and oxygen atoms in total. The highest BCUT2D eigenvalue weighted by atomic mass is 19.3. The van der Waals surface area contributed by atoms with E-state index in [0.29, 0.717) is 0 Å². The lowest BCUT2D eigenvalue weighted by Gasteiger charge is -2.07. The Bertz CT molecular complexity index is 159. The van der Waals surface area contributed by atoms with Crippen LogP contribution in [0.1, 0.15) is 6.92 Å². The van der Waals surface area contributed by atoms with Gasteiger partial charge < -0.3 is 9.84 Å². The molecule has 0 aromatic heterocycles. The number of hydrogen-bond donors (Lipinski definition) is 1. The number of ether oxygens (including phenoxy) is 1. The Morgan fingerprint density at radius 3 is 2.20 bits per heavy atom. The van der Waals surface area contributed by atoms with E-state index in [4.69, 9.17) is 5.11 Å². The molecule has 0 saturated carbocycles. The Balaban J connectivity index is 3.93. The molecule has 0 aliphatic heterocycles. The van der Waals surface area contributed by atoms with Crippen molar-refractivity contribution >= 4 is 5.97 Å². The van der Waals surface area contributed by atoms with E-state index >= 15 is 0 Å². The van der Waals surface area contributed by atoms with Crippen LogP contribution in [0, 0.1) is 0 Å². The Hall–Kier alpha value is -0.970. The highest BCUT2D eigenvalue weighted by molar-refractivity contribution is 5.87. The van der Waals surface area contributed by atoms with Crippen LogP contribution in [-0.2, 0) is 9.53 Å². The molecular weight excluding hydrogens is 146 g/mol. The van der Waals surface area contributed by atoms with Crippen LogP contribution in [0.5, 0.6) is 0 Å². The number of carbonyl (C=O) groups excluding carboxylic acids is 1. The standard InChI is InChI=1S/C5H6F2O3/c1-3(2)4(8)10-5(6,7)9/h9H,1H2,2H3. The molecule has 0 aliphatic carbocycles. The molecule has 0 amide bonds. The second-order valence-corrected chi connectivity index (χ2v) is 1.66. The molecule has 0 saturated heterocycles. The molecule has 10 heavy (non-hydrogen) atoms. The van der Waals surface area contributed by atoms with Gasteiger partial charge in [-0.3, -0.25) is 0 Å². The van der Waals surface area contributed by atoms with Gasteiger partial charge in [-0.05, 0) is 6.92 Å². The molecule has 0 fully saturated rings. The van der Waals surface area contributed by atoms with E-state index in [-0.39, 0.29) is 5.57 Å². The monoisotopic (exact) mass is 152 g/mol. The van der Waals surface area contributed by atoms with Crippen molar-refractivity contribution in [1.82, 2.24) is 0 Å². The summed E-state index contributed by atoms with van der Waals surface area (Å²) in [7, 11) is 0. The SMILES string of the molecule is C=C(C)C(=O)OC(O)(F)F. The lowest BCUT2D eigenvalue weighted by atomic mass is 10.4. The number of carbonyl (C=O) groups is 1. The molecule has 0 spiro atoms. The van der Waals surface area contributed by atoms with Gasteiger partial charge in [0.15, 0.2) is 0 Å². The highest BCUT2D eigenvalue weighted by Gasteiger charge is 2.30. The molecule has 0 radical (unpaired) electrons. The maximum Gasteiger partial charge on any atom is 0.535 e. The summed E-state index contributed by atoms with van der Waals surface area (Å²) >= 11 is 0. The van der Waals surface area contributed by atoms with Gasteiger partial charge in [0.1, 0.15) is 0 Å². The second kappa shape index (κ2) is 2.74. The predicted octanol–water partition coefficient (Wildman–Crippen LogP) is 0.648. The van der Waals surface area contributed by atoms with E-state index in [1.165, 1.54) is 6.92 Å². The van der Waals surface area contributed by atoms with Gasteiger partial charge in [0.05, 0.1) is 0 Å². The second-order valence-electron chi connectivity index (χ2n) is 1.66. The maximum absolute atomic E-state index is 11.4. The lowest BCUT2D eigenvalue weighted by molar-refractivity contribution is -0.349. The van der Waals surface area contributed by atoms with Crippen molar-refractivity contribution in [2.24, 2.45) is 0 Å². The molecule has 0 heterocycles. The minimum Gasteiger partial charge on any atom is -0.373 e. The van der Waals surface area contributed by atoms with Crippen LogP contribution in [-0.4, -0.2) is 17.4 Å². The van der Waals surface area contributed by atoms with Crippen LogP contribution < -0.4 is 0 Å². The van der Waals surface area contributed by atoms with Crippen molar-refractivity contribution < 1.29 is 23.4 Å². The highest BCUT2D eigenvalue weighted by Crippen LogP contribution is 2.11. The molecule has 1 N–H and O–H groups in total. The fraction of sp³-hybridized carbons (Fsp3) is 0.400. The zero-order valence-corrected chi connectivity index (χ0v) is 5.23. The van der Waals surface area contributed by atoms with Crippen molar-refractivity contribution in [1.29, 1.82) is 0 Å². The Morgan fingerprint density at radius 2 is 2.10 bits per heavy atom. The average Bonchev–Trinajstić information content (AvgIpc) is 1.60. The average molecular weight is 152 g/mol. The summed E-state index contributed by atoms with van der Waals surface area (Å²) in [6, 6.07) is 0. The molecular formula is C5H6F2O3. The third-order valence-corrected chi connectivity index (χ3v) is 0.564. The van der Waals surface area contributed by atoms with Gasteiger partial charge in [0.2, 0.25) is 0 Å². The molecule has 0 unspecified atom stereocenters. The molecule has 0 bridgehead atoms. The van der Waals surface area contributed by atoms with Gasteiger partial charge in [-0.2, -0.15) is 0 Å². The molecule has 58 valence electrons. The third-order valence-electron chi connectivity index (χ3n) is 0.564.